The number of aryl methyl sites for hydroxylation is 1. The van der Waals surface area contributed by atoms with Crippen LogP contribution in [0.15, 0.2) is 63.0 Å². The average Bonchev–Trinajstić information content (AvgIpc) is 2.84. The fourth-order valence-corrected chi connectivity index (χ4v) is 5.45. The van der Waals surface area contributed by atoms with Crippen LogP contribution in [0.1, 0.15) is 13.3 Å². The van der Waals surface area contributed by atoms with Gasteiger partial charge < -0.3 is 9.64 Å². The molecule has 1 amide bonds. The molecule has 0 saturated carbocycles. The number of hydrogen-bond donors (Lipinski definition) is 1. The topological polar surface area (TPSA) is 122 Å². The van der Waals surface area contributed by atoms with Crippen LogP contribution in [0.4, 0.5) is 0 Å². The maximum absolute atomic E-state index is 12.9. The zero-order valence-corrected chi connectivity index (χ0v) is 19.6. The molecule has 1 saturated heterocycles. The summed E-state index contributed by atoms with van der Waals surface area (Å²) < 4.78 is 34.0. The number of piperazine rings is 1. The molecule has 0 bridgehead atoms. The van der Waals surface area contributed by atoms with Gasteiger partial charge in [-0.05, 0) is 43.3 Å². The van der Waals surface area contributed by atoms with Gasteiger partial charge in [-0.3, -0.25) is 19.1 Å². The zero-order chi connectivity index (χ0) is 24.3. The van der Waals surface area contributed by atoms with Gasteiger partial charge >= 0.3 is 5.69 Å². The number of fused-ring (bicyclic) bond motifs is 1. The van der Waals surface area contributed by atoms with E-state index >= 15 is 0 Å². The number of carbonyl (C=O) groups excluding carboxylic acids is 1. The molecule has 11 heteroatoms. The summed E-state index contributed by atoms with van der Waals surface area (Å²) in [6.45, 7) is 3.35. The zero-order valence-electron chi connectivity index (χ0n) is 18.8. The Hall–Kier alpha value is -3.44. The molecule has 0 radical (unpaired) electrons. The number of benzene rings is 2. The second-order valence-electron chi connectivity index (χ2n) is 7.87. The Morgan fingerprint density at radius 3 is 2.35 bits per heavy atom. The molecule has 0 unspecified atom stereocenters. The Kier molecular flexibility index (Phi) is 6.85. The second kappa shape index (κ2) is 9.82. The van der Waals surface area contributed by atoms with Crippen LogP contribution in [0.3, 0.4) is 0 Å². The summed E-state index contributed by atoms with van der Waals surface area (Å²) in [6, 6.07) is 13.0. The van der Waals surface area contributed by atoms with Gasteiger partial charge in [-0.2, -0.15) is 4.31 Å². The van der Waals surface area contributed by atoms with Crippen LogP contribution in [-0.2, 0) is 21.4 Å². The number of carbonyl (C=O) groups is 1. The van der Waals surface area contributed by atoms with E-state index in [9.17, 15) is 22.8 Å². The van der Waals surface area contributed by atoms with Gasteiger partial charge in [0.05, 0.1) is 22.4 Å². The minimum absolute atomic E-state index is 0.0571. The molecule has 180 valence electrons. The summed E-state index contributed by atoms with van der Waals surface area (Å²) >= 11 is 0. The van der Waals surface area contributed by atoms with Crippen LogP contribution in [0.2, 0.25) is 0 Å². The lowest BCUT2D eigenvalue weighted by molar-refractivity contribution is -0.132. The molecule has 0 spiro atoms. The molecule has 34 heavy (non-hydrogen) atoms. The SMILES string of the molecule is CCOc1ccc(S(=O)(=O)N2CCN(C(=O)CCn3c(=O)[nH]c(=O)c4ccccc43)CC2)cc1. The first kappa shape index (κ1) is 23.7. The van der Waals surface area contributed by atoms with Crippen LogP contribution in [-0.4, -0.2) is 65.9 Å². The molecule has 1 fully saturated rings. The van der Waals surface area contributed by atoms with Crippen LogP contribution >= 0.6 is 0 Å². The van der Waals surface area contributed by atoms with Crippen molar-refractivity contribution >= 4 is 26.8 Å². The standard InChI is InChI=1S/C23H26N4O6S/c1-2-33-17-7-9-18(10-8-17)34(31,32)26-15-13-25(14-16-26)21(28)11-12-27-20-6-4-3-5-19(20)22(29)24-23(27)30/h3-10H,2,11-16H2,1H3,(H,24,29,30). The Morgan fingerprint density at radius 2 is 1.68 bits per heavy atom. The van der Waals surface area contributed by atoms with E-state index in [2.05, 4.69) is 4.98 Å². The number of nitrogens with one attached hydrogen (secondary N) is 1. The molecule has 0 aliphatic carbocycles. The van der Waals surface area contributed by atoms with Gasteiger partial charge in [0.25, 0.3) is 5.56 Å². The number of para-hydroxylation sites is 1. The Morgan fingerprint density at radius 1 is 1.00 bits per heavy atom. The summed E-state index contributed by atoms with van der Waals surface area (Å²) in [5, 5.41) is 0.377. The highest BCUT2D eigenvalue weighted by Crippen LogP contribution is 2.21. The van der Waals surface area contributed by atoms with Gasteiger partial charge in [-0.25, -0.2) is 13.2 Å². The average molecular weight is 487 g/mol. The van der Waals surface area contributed by atoms with Crippen LogP contribution in [0.25, 0.3) is 10.9 Å². The normalized spacial score (nSPS) is 14.9. The van der Waals surface area contributed by atoms with Crippen LogP contribution in [0.5, 0.6) is 5.75 Å². The lowest BCUT2D eigenvalue weighted by atomic mass is 10.2. The van der Waals surface area contributed by atoms with Crippen molar-refractivity contribution in [2.45, 2.75) is 24.8 Å². The third-order valence-corrected chi connectivity index (χ3v) is 7.73. The number of aromatic nitrogens is 2. The number of hydrogen-bond acceptors (Lipinski definition) is 6. The number of rotatable bonds is 7. The quantitative estimate of drug-likeness (QED) is 0.532. The largest absolute Gasteiger partial charge is 0.494 e. The van der Waals surface area contributed by atoms with Crippen molar-refractivity contribution in [3.63, 3.8) is 0 Å². The highest BCUT2D eigenvalue weighted by atomic mass is 32.2. The van der Waals surface area contributed by atoms with Crippen molar-refractivity contribution in [2.75, 3.05) is 32.8 Å². The smallest absolute Gasteiger partial charge is 0.328 e. The molecule has 1 N–H and O–H groups in total. The van der Waals surface area contributed by atoms with Crippen molar-refractivity contribution in [1.82, 2.24) is 18.8 Å². The van der Waals surface area contributed by atoms with Gasteiger partial charge in [0.1, 0.15) is 5.75 Å². The van der Waals surface area contributed by atoms with Gasteiger partial charge in [0.2, 0.25) is 15.9 Å². The molecule has 3 aromatic rings. The molecular weight excluding hydrogens is 460 g/mol. The molecule has 2 heterocycles. The van der Waals surface area contributed by atoms with Crippen molar-refractivity contribution in [2.24, 2.45) is 0 Å². The first-order valence-corrected chi connectivity index (χ1v) is 12.5. The number of H-pyrrole nitrogens is 1. The number of sulfonamides is 1. The first-order valence-electron chi connectivity index (χ1n) is 11.0. The van der Waals surface area contributed by atoms with Crippen LogP contribution in [0, 0.1) is 0 Å². The van der Waals surface area contributed by atoms with Gasteiger partial charge in [-0.1, -0.05) is 12.1 Å². The Balaban J connectivity index is 1.38. The molecule has 4 rings (SSSR count). The van der Waals surface area contributed by atoms with Crippen molar-refractivity contribution in [3.05, 3.63) is 69.4 Å². The highest BCUT2D eigenvalue weighted by Gasteiger charge is 2.30. The van der Waals surface area contributed by atoms with Crippen molar-refractivity contribution < 1.29 is 17.9 Å². The summed E-state index contributed by atoms with van der Waals surface area (Å²) in [5.74, 6) is 0.423. The van der Waals surface area contributed by atoms with E-state index in [0.717, 1.165) is 0 Å². The maximum Gasteiger partial charge on any atom is 0.328 e. The monoisotopic (exact) mass is 486 g/mol. The summed E-state index contributed by atoms with van der Waals surface area (Å²) in [5.41, 5.74) is -0.564. The molecular formula is C23H26N4O6S. The van der Waals surface area contributed by atoms with E-state index in [1.807, 2.05) is 6.92 Å². The van der Waals surface area contributed by atoms with E-state index in [-0.39, 0.29) is 49.9 Å². The highest BCUT2D eigenvalue weighted by molar-refractivity contribution is 7.89. The molecule has 2 aromatic carbocycles. The number of ether oxygens (including phenoxy) is 1. The number of amides is 1. The first-order chi connectivity index (χ1) is 16.3. The maximum atomic E-state index is 12.9. The summed E-state index contributed by atoms with van der Waals surface area (Å²) in [4.78, 5) is 41.1. The van der Waals surface area contributed by atoms with Crippen LogP contribution < -0.4 is 16.0 Å². The van der Waals surface area contributed by atoms with E-state index in [0.29, 0.717) is 23.3 Å². The predicted octanol–water partition coefficient (Wildman–Crippen LogP) is 1.01. The van der Waals surface area contributed by atoms with Crippen molar-refractivity contribution in [1.29, 1.82) is 0 Å². The summed E-state index contributed by atoms with van der Waals surface area (Å²) in [6.07, 6.45) is 0.0571. The molecule has 1 aromatic heterocycles. The Labute approximate surface area is 196 Å². The second-order valence-corrected chi connectivity index (χ2v) is 9.81. The molecule has 1 aliphatic heterocycles. The van der Waals surface area contributed by atoms with Gasteiger partial charge in [0.15, 0.2) is 0 Å². The molecule has 1 aliphatic rings. The molecule has 0 atom stereocenters. The van der Waals surface area contributed by atoms with E-state index in [4.69, 9.17) is 4.74 Å². The lowest BCUT2D eigenvalue weighted by Crippen LogP contribution is -2.50. The third-order valence-electron chi connectivity index (χ3n) is 5.82. The Bertz CT molecular complexity index is 1400. The van der Waals surface area contributed by atoms with Gasteiger partial charge in [0, 0.05) is 39.1 Å². The van der Waals surface area contributed by atoms with Gasteiger partial charge in [-0.15, -0.1) is 0 Å². The minimum atomic E-state index is -3.67. The number of aromatic amines is 1. The molecule has 10 nitrogen and oxygen atoms in total. The van der Waals surface area contributed by atoms with E-state index in [1.165, 1.54) is 21.0 Å². The summed E-state index contributed by atoms with van der Waals surface area (Å²) in [7, 11) is -3.67. The number of nitrogens with zero attached hydrogens (tertiary/aromatic N) is 3. The van der Waals surface area contributed by atoms with E-state index in [1.54, 1.807) is 41.3 Å². The van der Waals surface area contributed by atoms with Crippen molar-refractivity contribution in [3.8, 4) is 5.75 Å². The predicted molar refractivity (Wildman–Crippen MR) is 126 cm³/mol. The third kappa shape index (κ3) is 4.75. The lowest BCUT2D eigenvalue weighted by Gasteiger charge is -2.34. The fourth-order valence-electron chi connectivity index (χ4n) is 4.03. The fraction of sp³-hybridized carbons (Fsp3) is 0.348. The van der Waals surface area contributed by atoms with E-state index < -0.39 is 21.3 Å². The minimum Gasteiger partial charge on any atom is -0.494 e.